The molecule has 0 radical (unpaired) electrons. The second-order valence-corrected chi connectivity index (χ2v) is 13.7. The van der Waals surface area contributed by atoms with Gasteiger partial charge in [-0.2, -0.15) is 17.2 Å². The Morgan fingerprint density at radius 1 is 1.15 bits per heavy atom. The third-order valence-corrected chi connectivity index (χ3v) is 2.44. The third kappa shape index (κ3) is 15.0. The molecule has 0 nitrogen and oxygen atoms in total. The van der Waals surface area contributed by atoms with E-state index in [2.05, 4.69) is 51.2 Å². The second kappa shape index (κ2) is 17.7. The molecule has 2 rings (SSSR count). The summed E-state index contributed by atoms with van der Waals surface area (Å²) in [6, 6.07) is 0. The maximum absolute atomic E-state index is 3.23. The standard InChI is InChI=1S/C9H13.C5H5.C2H6Si.2ClH.Zr/c1-3-8-6-5-7-9(8)4-2;1-2-4-5-3-1;1-3-2;;;/h6H,3-4,7H2,1-2H3;1-3H,4H2;1-2H3;2*1H;/q2*-1;;;;+2. The van der Waals surface area contributed by atoms with E-state index in [1.165, 1.54) is 18.4 Å². The number of allylic oxidation sites excluding steroid dienone is 8. The van der Waals surface area contributed by atoms with Gasteiger partial charge in [-0.1, -0.05) is 26.7 Å². The van der Waals surface area contributed by atoms with Gasteiger partial charge in [0, 0.05) is 0 Å². The summed E-state index contributed by atoms with van der Waals surface area (Å²) < 4.78 is 0. The molecule has 0 saturated carbocycles. The molecule has 0 aromatic heterocycles. The summed E-state index contributed by atoms with van der Waals surface area (Å²) in [5.41, 5.74) is 3.30. The molecule has 0 unspecified atom stereocenters. The smallest absolute Gasteiger partial charge is 0.109 e. The summed E-state index contributed by atoms with van der Waals surface area (Å²) in [4.78, 5) is 0. The molecule has 0 aliphatic heterocycles. The zero-order valence-electron chi connectivity index (χ0n) is 13.0. The van der Waals surface area contributed by atoms with E-state index in [1.54, 1.807) is 28.9 Å². The van der Waals surface area contributed by atoms with Crippen LogP contribution in [0.25, 0.3) is 0 Å². The van der Waals surface area contributed by atoms with Gasteiger partial charge in [0.2, 0.25) is 0 Å². The molecule has 0 spiro atoms. The van der Waals surface area contributed by atoms with Crippen LogP contribution in [0, 0.1) is 12.2 Å². The molecular weight excluding hydrogens is 382 g/mol. The van der Waals surface area contributed by atoms with Crippen LogP contribution in [0.3, 0.4) is 0 Å². The van der Waals surface area contributed by atoms with Gasteiger partial charge in [0.15, 0.2) is 0 Å². The number of hydrogen-bond donors (Lipinski definition) is 0. The summed E-state index contributed by atoms with van der Waals surface area (Å²) >= 11 is 1.74. The molecule has 0 N–H and O–H groups in total. The molecule has 0 fully saturated rings. The van der Waals surface area contributed by atoms with E-state index in [0.717, 1.165) is 12.8 Å². The Balaban J connectivity index is -0.000000228. The van der Waals surface area contributed by atoms with E-state index >= 15 is 0 Å². The van der Waals surface area contributed by atoms with Gasteiger partial charge in [-0.3, -0.25) is 12.2 Å². The molecule has 0 saturated heterocycles. The normalized spacial score (nSPS) is 13.7. The van der Waals surface area contributed by atoms with Crippen molar-refractivity contribution in [2.75, 3.05) is 0 Å². The fourth-order valence-corrected chi connectivity index (χ4v) is 1.56. The Kier molecular flexibility index (Phi) is 22.6. The number of hydrogen-bond acceptors (Lipinski definition) is 0. The van der Waals surface area contributed by atoms with Gasteiger partial charge in [0.1, 0.15) is 0 Å². The van der Waals surface area contributed by atoms with Crippen LogP contribution in [0.2, 0.25) is 13.1 Å². The SMILES string of the molecule is CCC1=C(CC)C[C-]=C1.C[Si](C)=[Zr+2].Cl.Cl.[C-]1=CC=CC1. The largest absolute Gasteiger partial charge is 0.273 e. The van der Waals surface area contributed by atoms with Gasteiger partial charge in [-0.15, -0.1) is 37.7 Å². The third-order valence-electron chi connectivity index (χ3n) is 2.44. The van der Waals surface area contributed by atoms with Crippen molar-refractivity contribution in [2.24, 2.45) is 0 Å². The van der Waals surface area contributed by atoms with Gasteiger partial charge in [0.25, 0.3) is 0 Å². The maximum atomic E-state index is 3.23. The molecular formula is C16H26Cl2SiZr. The summed E-state index contributed by atoms with van der Waals surface area (Å²) in [5, 5.41) is 0. The van der Waals surface area contributed by atoms with Gasteiger partial charge in [-0.25, -0.2) is 18.2 Å². The molecule has 4 heteroatoms. The van der Waals surface area contributed by atoms with E-state index in [-0.39, 0.29) is 30.2 Å². The van der Waals surface area contributed by atoms with E-state index < -0.39 is 0 Å². The van der Waals surface area contributed by atoms with Crippen molar-refractivity contribution in [1.29, 1.82) is 0 Å². The van der Waals surface area contributed by atoms with Crippen LogP contribution in [0.15, 0.2) is 35.5 Å². The van der Waals surface area contributed by atoms with Crippen molar-refractivity contribution in [2.45, 2.75) is 52.6 Å². The zero-order valence-corrected chi connectivity index (χ0v) is 18.0. The minimum atomic E-state index is 0. The van der Waals surface area contributed by atoms with Crippen molar-refractivity contribution in [3.05, 3.63) is 47.6 Å². The van der Waals surface area contributed by atoms with Crippen LogP contribution in [0.4, 0.5) is 0 Å². The molecule has 0 heterocycles. The van der Waals surface area contributed by atoms with Crippen molar-refractivity contribution in [1.82, 2.24) is 0 Å². The first-order chi connectivity index (χ1) is 8.61. The average molecular weight is 409 g/mol. The van der Waals surface area contributed by atoms with Crippen LogP contribution in [-0.4, -0.2) is 5.43 Å². The molecule has 2 aliphatic rings. The molecule has 0 amide bonds. The first kappa shape index (κ1) is 25.6. The number of rotatable bonds is 2. The van der Waals surface area contributed by atoms with Crippen molar-refractivity contribution < 1.29 is 23.3 Å². The molecule has 0 aromatic rings. The van der Waals surface area contributed by atoms with Crippen molar-refractivity contribution in [3.63, 3.8) is 0 Å². The van der Waals surface area contributed by atoms with E-state index in [4.69, 9.17) is 0 Å². The van der Waals surface area contributed by atoms with Crippen molar-refractivity contribution in [3.8, 4) is 0 Å². The van der Waals surface area contributed by atoms with Crippen molar-refractivity contribution >= 4 is 30.2 Å². The van der Waals surface area contributed by atoms with Crippen LogP contribution in [0.1, 0.15) is 39.5 Å². The summed E-state index contributed by atoms with van der Waals surface area (Å²) in [7, 11) is 0. The molecule has 20 heavy (non-hydrogen) atoms. The van der Waals surface area contributed by atoms with Crippen LogP contribution in [0.5, 0.6) is 0 Å². The van der Waals surface area contributed by atoms with Gasteiger partial charge >= 0.3 is 41.9 Å². The van der Waals surface area contributed by atoms with Gasteiger partial charge in [-0.05, 0) is 0 Å². The van der Waals surface area contributed by atoms with Crippen LogP contribution in [-0.2, 0) is 23.3 Å². The predicted molar refractivity (Wildman–Crippen MR) is 93.6 cm³/mol. The fraction of sp³-hybridized carbons (Fsp3) is 0.500. The van der Waals surface area contributed by atoms with Crippen LogP contribution >= 0.6 is 24.8 Å². The quantitative estimate of drug-likeness (QED) is 0.400. The molecule has 0 aromatic carbocycles. The Morgan fingerprint density at radius 2 is 1.75 bits per heavy atom. The maximum Gasteiger partial charge on any atom is -0.109 e. The monoisotopic (exact) mass is 406 g/mol. The van der Waals surface area contributed by atoms with E-state index in [0.29, 0.717) is 0 Å². The minimum Gasteiger partial charge on any atom is -0.273 e. The zero-order chi connectivity index (χ0) is 13.8. The Bertz CT molecular complexity index is 355. The molecule has 112 valence electrons. The predicted octanol–water partition coefficient (Wildman–Crippen LogP) is 5.80. The first-order valence-electron chi connectivity index (χ1n) is 6.62. The topological polar surface area (TPSA) is 0 Å². The first-order valence-corrected chi connectivity index (χ1v) is 12.8. The Morgan fingerprint density at radius 3 is 2.00 bits per heavy atom. The fourth-order valence-electron chi connectivity index (χ4n) is 1.56. The molecule has 0 bridgehead atoms. The van der Waals surface area contributed by atoms with E-state index in [9.17, 15) is 0 Å². The van der Waals surface area contributed by atoms with Crippen LogP contribution < -0.4 is 0 Å². The number of halogens is 2. The summed E-state index contributed by atoms with van der Waals surface area (Å²) in [5.74, 6) is 0. The molecule has 0 atom stereocenters. The Hall–Kier alpha value is 0.640. The second-order valence-electron chi connectivity index (χ2n) is 4.36. The minimum absolute atomic E-state index is 0. The van der Waals surface area contributed by atoms with E-state index in [1.807, 2.05) is 12.2 Å². The van der Waals surface area contributed by atoms with Gasteiger partial charge in [0.05, 0.1) is 0 Å². The van der Waals surface area contributed by atoms with Gasteiger partial charge < -0.3 is 0 Å². The average Bonchev–Trinajstić information content (AvgIpc) is 3.02. The summed E-state index contributed by atoms with van der Waals surface area (Å²) in [6.45, 7) is 9.03. The molecule has 2 aliphatic carbocycles. The Labute approximate surface area is 153 Å². The summed E-state index contributed by atoms with van der Waals surface area (Å²) in [6.07, 6.45) is 18.8.